The van der Waals surface area contributed by atoms with Gasteiger partial charge in [0.25, 0.3) is 5.22 Å². The Morgan fingerprint density at radius 2 is 2.05 bits per heavy atom. The molecule has 6 nitrogen and oxygen atoms in total. The fraction of sp³-hybridized carbons (Fsp3) is 0.400. The Morgan fingerprint density at radius 1 is 1.27 bits per heavy atom. The van der Waals surface area contributed by atoms with E-state index in [4.69, 9.17) is 9.15 Å². The van der Waals surface area contributed by atoms with Gasteiger partial charge in [-0.25, -0.2) is 0 Å². The molecule has 0 unspecified atom stereocenters. The maximum absolute atomic E-state index is 11.3. The summed E-state index contributed by atoms with van der Waals surface area (Å²) in [4.78, 5) is 11.3. The van der Waals surface area contributed by atoms with Crippen molar-refractivity contribution < 1.29 is 13.9 Å². The zero-order chi connectivity index (χ0) is 15.8. The molecule has 0 aliphatic heterocycles. The Morgan fingerprint density at radius 3 is 2.73 bits per heavy atom. The van der Waals surface area contributed by atoms with E-state index in [9.17, 15) is 4.79 Å². The maximum atomic E-state index is 11.3. The van der Waals surface area contributed by atoms with E-state index < -0.39 is 0 Å². The highest BCUT2D eigenvalue weighted by atomic mass is 32.2. The second-order valence-corrected chi connectivity index (χ2v) is 5.43. The average molecular weight is 321 g/mol. The number of carbonyl (C=O) groups excluding carboxylic acids is 1. The first-order valence-electron chi connectivity index (χ1n) is 7.19. The number of ether oxygens (including phenoxy) is 1. The van der Waals surface area contributed by atoms with E-state index in [1.54, 1.807) is 0 Å². The third kappa shape index (κ3) is 4.77. The van der Waals surface area contributed by atoms with Gasteiger partial charge in [0, 0.05) is 24.3 Å². The number of aromatic nitrogens is 2. The molecule has 118 valence electrons. The van der Waals surface area contributed by atoms with E-state index in [0.29, 0.717) is 36.4 Å². The fourth-order valence-electron chi connectivity index (χ4n) is 1.76. The summed E-state index contributed by atoms with van der Waals surface area (Å²) in [6.07, 6.45) is 0.430. The van der Waals surface area contributed by atoms with Gasteiger partial charge in [0.05, 0.1) is 6.61 Å². The topological polar surface area (TPSA) is 77.2 Å². The lowest BCUT2D eigenvalue weighted by Gasteiger charge is -2.02. The van der Waals surface area contributed by atoms with Gasteiger partial charge in [-0.15, -0.1) is 10.2 Å². The minimum absolute atomic E-state index is 0.0289. The van der Waals surface area contributed by atoms with Crippen LogP contribution in [0.25, 0.3) is 11.5 Å². The fourth-order valence-corrected chi connectivity index (χ4v) is 2.46. The normalized spacial score (nSPS) is 10.5. The predicted molar refractivity (Wildman–Crippen MR) is 84.9 cm³/mol. The molecule has 1 N–H and O–H groups in total. The van der Waals surface area contributed by atoms with Crippen molar-refractivity contribution >= 4 is 17.7 Å². The van der Waals surface area contributed by atoms with Crippen molar-refractivity contribution in [1.29, 1.82) is 0 Å². The number of carbonyl (C=O) groups is 1. The minimum Gasteiger partial charge on any atom is -0.494 e. The van der Waals surface area contributed by atoms with Crippen LogP contribution in [0.3, 0.4) is 0 Å². The molecule has 0 saturated carbocycles. The smallest absolute Gasteiger partial charge is 0.276 e. The Kier molecular flexibility index (Phi) is 6.27. The maximum Gasteiger partial charge on any atom is 0.276 e. The van der Waals surface area contributed by atoms with Crippen LogP contribution in [-0.4, -0.2) is 35.0 Å². The van der Waals surface area contributed by atoms with Crippen LogP contribution in [0.4, 0.5) is 0 Å². The van der Waals surface area contributed by atoms with Gasteiger partial charge in [-0.2, -0.15) is 0 Å². The molecule has 0 spiro atoms. The van der Waals surface area contributed by atoms with Crippen molar-refractivity contribution in [2.45, 2.75) is 25.5 Å². The van der Waals surface area contributed by atoms with Gasteiger partial charge in [0.15, 0.2) is 0 Å². The molecule has 0 saturated heterocycles. The van der Waals surface area contributed by atoms with Gasteiger partial charge in [-0.05, 0) is 38.1 Å². The summed E-state index contributed by atoms with van der Waals surface area (Å²) in [5, 5.41) is 11.2. The van der Waals surface area contributed by atoms with Crippen molar-refractivity contribution in [3.8, 4) is 17.2 Å². The van der Waals surface area contributed by atoms with Crippen LogP contribution in [0.2, 0.25) is 0 Å². The number of thioether (sulfide) groups is 1. The molecule has 1 aromatic carbocycles. The lowest BCUT2D eigenvalue weighted by molar-refractivity contribution is -0.120. The average Bonchev–Trinajstić information content (AvgIpc) is 2.97. The van der Waals surface area contributed by atoms with E-state index in [0.717, 1.165) is 11.3 Å². The van der Waals surface area contributed by atoms with E-state index in [-0.39, 0.29) is 5.91 Å². The first-order valence-corrected chi connectivity index (χ1v) is 8.17. The van der Waals surface area contributed by atoms with Gasteiger partial charge < -0.3 is 14.5 Å². The quantitative estimate of drug-likeness (QED) is 0.753. The zero-order valence-corrected chi connectivity index (χ0v) is 13.5. The van der Waals surface area contributed by atoms with Crippen LogP contribution in [-0.2, 0) is 4.79 Å². The van der Waals surface area contributed by atoms with Gasteiger partial charge in [-0.3, -0.25) is 4.79 Å². The number of benzene rings is 1. The van der Waals surface area contributed by atoms with Crippen LogP contribution in [0.5, 0.6) is 5.75 Å². The van der Waals surface area contributed by atoms with E-state index >= 15 is 0 Å². The summed E-state index contributed by atoms with van der Waals surface area (Å²) in [5.74, 6) is 1.91. The van der Waals surface area contributed by atoms with Gasteiger partial charge >= 0.3 is 0 Å². The number of nitrogens with one attached hydrogen (secondary N) is 1. The van der Waals surface area contributed by atoms with E-state index in [2.05, 4.69) is 15.5 Å². The van der Waals surface area contributed by atoms with Crippen molar-refractivity contribution in [1.82, 2.24) is 15.5 Å². The van der Waals surface area contributed by atoms with Crippen molar-refractivity contribution in [3.63, 3.8) is 0 Å². The number of rotatable bonds is 8. The van der Waals surface area contributed by atoms with E-state index in [1.807, 2.05) is 38.1 Å². The van der Waals surface area contributed by atoms with Crippen LogP contribution < -0.4 is 10.1 Å². The summed E-state index contributed by atoms with van der Waals surface area (Å²) >= 11 is 1.38. The Labute approximate surface area is 133 Å². The van der Waals surface area contributed by atoms with Crippen LogP contribution in [0.15, 0.2) is 33.9 Å². The summed E-state index contributed by atoms with van der Waals surface area (Å²) in [7, 11) is 0. The lowest BCUT2D eigenvalue weighted by atomic mass is 10.2. The first kappa shape index (κ1) is 16.4. The number of hydrogen-bond acceptors (Lipinski definition) is 6. The molecule has 2 aromatic rings. The summed E-state index contributed by atoms with van der Waals surface area (Å²) in [6, 6.07) is 7.49. The highest BCUT2D eigenvalue weighted by Crippen LogP contribution is 2.25. The SMILES string of the molecule is CCNC(=O)CCSc1nnc(-c2ccc(OCC)cc2)o1. The number of hydrogen-bond donors (Lipinski definition) is 1. The molecule has 0 atom stereocenters. The molecule has 2 rings (SSSR count). The number of nitrogens with zero attached hydrogens (tertiary/aromatic N) is 2. The first-order chi connectivity index (χ1) is 10.7. The monoisotopic (exact) mass is 321 g/mol. The predicted octanol–water partition coefficient (Wildman–Crippen LogP) is 2.75. The van der Waals surface area contributed by atoms with Gasteiger partial charge in [0.1, 0.15) is 5.75 Å². The van der Waals surface area contributed by atoms with E-state index in [1.165, 1.54) is 11.8 Å². The molecular weight excluding hydrogens is 302 g/mol. The van der Waals surface area contributed by atoms with Gasteiger partial charge in [-0.1, -0.05) is 11.8 Å². The highest BCUT2D eigenvalue weighted by Gasteiger charge is 2.10. The molecule has 1 aromatic heterocycles. The van der Waals surface area contributed by atoms with Crippen molar-refractivity contribution in [3.05, 3.63) is 24.3 Å². The Hall–Kier alpha value is -2.02. The molecule has 7 heteroatoms. The molecule has 0 radical (unpaired) electrons. The summed E-state index contributed by atoms with van der Waals surface area (Å²) < 4.78 is 11.0. The molecule has 0 aliphatic rings. The third-order valence-electron chi connectivity index (χ3n) is 2.75. The third-order valence-corrected chi connectivity index (χ3v) is 3.57. The second kappa shape index (κ2) is 8.43. The van der Waals surface area contributed by atoms with Crippen molar-refractivity contribution in [2.75, 3.05) is 18.9 Å². The number of amides is 1. The molecule has 0 aliphatic carbocycles. The Balaban J connectivity index is 1.89. The largest absolute Gasteiger partial charge is 0.494 e. The van der Waals surface area contributed by atoms with Crippen molar-refractivity contribution in [2.24, 2.45) is 0 Å². The van der Waals surface area contributed by atoms with Gasteiger partial charge in [0.2, 0.25) is 11.8 Å². The van der Waals surface area contributed by atoms with Crippen LogP contribution in [0.1, 0.15) is 20.3 Å². The van der Waals surface area contributed by atoms with Crippen LogP contribution in [0, 0.1) is 0 Å². The molecule has 0 fully saturated rings. The molecule has 0 bridgehead atoms. The Bertz CT molecular complexity index is 598. The molecular formula is C15H19N3O3S. The summed E-state index contributed by atoms with van der Waals surface area (Å²) in [6.45, 7) is 5.11. The molecule has 1 amide bonds. The minimum atomic E-state index is 0.0289. The lowest BCUT2D eigenvalue weighted by Crippen LogP contribution is -2.22. The van der Waals surface area contributed by atoms with Crippen LogP contribution >= 0.6 is 11.8 Å². The summed E-state index contributed by atoms with van der Waals surface area (Å²) in [5.41, 5.74) is 0.839. The molecule has 1 heterocycles. The molecule has 22 heavy (non-hydrogen) atoms. The standard InChI is InChI=1S/C15H19N3O3S/c1-3-16-13(19)9-10-22-15-18-17-14(21-15)11-5-7-12(8-6-11)20-4-2/h5-8H,3-4,9-10H2,1-2H3,(H,16,19). The highest BCUT2D eigenvalue weighted by molar-refractivity contribution is 7.99. The second-order valence-electron chi connectivity index (χ2n) is 4.38. The zero-order valence-electron chi connectivity index (χ0n) is 12.7.